The van der Waals surface area contributed by atoms with Crippen LogP contribution >= 0.6 is 0 Å². The largest absolute Gasteiger partial charge is 0.466 e. The second-order valence-electron chi connectivity index (χ2n) is 4.48. The number of Topliss-reactive ketones (excluding diaryl/α,β-unsaturated/α-hetero) is 1. The Morgan fingerprint density at radius 3 is 2.65 bits per heavy atom. The normalized spacial score (nSPS) is 9.80. The van der Waals surface area contributed by atoms with Gasteiger partial charge in [0.1, 0.15) is 0 Å². The van der Waals surface area contributed by atoms with E-state index in [9.17, 15) is 9.59 Å². The van der Waals surface area contributed by atoms with Gasteiger partial charge in [-0.2, -0.15) is 5.26 Å². The van der Waals surface area contributed by atoms with E-state index in [4.69, 9.17) is 10.00 Å². The fourth-order valence-corrected chi connectivity index (χ4v) is 1.87. The van der Waals surface area contributed by atoms with Crippen molar-refractivity contribution in [2.24, 2.45) is 0 Å². The van der Waals surface area contributed by atoms with Crippen LogP contribution in [-0.2, 0) is 9.53 Å². The summed E-state index contributed by atoms with van der Waals surface area (Å²) >= 11 is 0. The van der Waals surface area contributed by atoms with Crippen molar-refractivity contribution in [3.05, 3.63) is 35.4 Å². The zero-order valence-electron chi connectivity index (χ0n) is 11.7. The summed E-state index contributed by atoms with van der Waals surface area (Å²) in [5.41, 5.74) is 1.08. The monoisotopic (exact) mass is 273 g/mol. The first-order valence-electron chi connectivity index (χ1n) is 6.86. The molecule has 0 saturated carbocycles. The molecule has 0 saturated heterocycles. The number of hydrogen-bond acceptors (Lipinski definition) is 4. The van der Waals surface area contributed by atoms with Gasteiger partial charge >= 0.3 is 5.97 Å². The molecule has 1 aromatic carbocycles. The predicted molar refractivity (Wildman–Crippen MR) is 75.2 cm³/mol. The summed E-state index contributed by atoms with van der Waals surface area (Å²) in [4.78, 5) is 23.0. The van der Waals surface area contributed by atoms with E-state index in [0.29, 0.717) is 30.6 Å². The fourth-order valence-electron chi connectivity index (χ4n) is 1.87. The molecule has 0 aliphatic heterocycles. The molecular formula is C16H19NO3. The molecule has 0 atom stereocenters. The first-order chi connectivity index (χ1) is 9.67. The minimum Gasteiger partial charge on any atom is -0.466 e. The van der Waals surface area contributed by atoms with Crippen LogP contribution in [0, 0.1) is 11.3 Å². The number of unbranched alkanes of at least 4 members (excludes halogenated alkanes) is 2. The lowest BCUT2D eigenvalue weighted by Gasteiger charge is -2.03. The number of carbonyl (C=O) groups is 2. The summed E-state index contributed by atoms with van der Waals surface area (Å²) in [6.07, 6.45) is 3.16. The van der Waals surface area contributed by atoms with Crippen LogP contribution in [0.2, 0.25) is 0 Å². The fraction of sp³-hybridized carbons (Fsp3) is 0.438. The molecule has 0 bridgehead atoms. The Bertz CT molecular complexity index is 503. The zero-order valence-corrected chi connectivity index (χ0v) is 11.7. The number of carbonyl (C=O) groups excluding carboxylic acids is 2. The van der Waals surface area contributed by atoms with E-state index in [-0.39, 0.29) is 11.8 Å². The molecule has 1 rings (SSSR count). The third-order valence-corrected chi connectivity index (χ3v) is 2.90. The molecule has 0 aliphatic rings. The number of benzene rings is 1. The molecule has 20 heavy (non-hydrogen) atoms. The van der Waals surface area contributed by atoms with Gasteiger partial charge in [0, 0.05) is 18.4 Å². The van der Waals surface area contributed by atoms with Crippen LogP contribution in [0.4, 0.5) is 0 Å². The Hall–Kier alpha value is -2.15. The third-order valence-electron chi connectivity index (χ3n) is 2.90. The van der Waals surface area contributed by atoms with Gasteiger partial charge in [0.15, 0.2) is 5.78 Å². The van der Waals surface area contributed by atoms with Gasteiger partial charge in [0.2, 0.25) is 0 Å². The standard InChI is InChI=1S/C16H19NO3/c1-2-20-16(19)10-5-3-4-9-15(18)14-8-6-7-13(11-14)12-17/h6-8,11H,2-5,9-10H2,1H3. The van der Waals surface area contributed by atoms with E-state index in [2.05, 4.69) is 0 Å². The van der Waals surface area contributed by atoms with E-state index in [1.165, 1.54) is 0 Å². The molecule has 0 aromatic heterocycles. The topological polar surface area (TPSA) is 67.2 Å². The minimum atomic E-state index is -0.180. The molecule has 0 heterocycles. The third kappa shape index (κ3) is 5.66. The first-order valence-corrected chi connectivity index (χ1v) is 6.86. The van der Waals surface area contributed by atoms with Crippen molar-refractivity contribution in [3.8, 4) is 6.07 Å². The summed E-state index contributed by atoms with van der Waals surface area (Å²) in [5.74, 6) is -0.140. The van der Waals surface area contributed by atoms with Gasteiger partial charge in [0.25, 0.3) is 0 Å². The van der Waals surface area contributed by atoms with E-state index in [1.54, 1.807) is 31.2 Å². The number of nitriles is 1. The molecule has 4 nitrogen and oxygen atoms in total. The van der Waals surface area contributed by atoms with E-state index in [1.807, 2.05) is 6.07 Å². The predicted octanol–water partition coefficient (Wildman–Crippen LogP) is 3.25. The number of hydrogen-bond donors (Lipinski definition) is 0. The maximum Gasteiger partial charge on any atom is 0.305 e. The molecule has 4 heteroatoms. The SMILES string of the molecule is CCOC(=O)CCCCCC(=O)c1cccc(C#N)c1. The Morgan fingerprint density at radius 2 is 1.95 bits per heavy atom. The Kier molecular flexibility index (Phi) is 7.05. The van der Waals surface area contributed by atoms with Crippen LogP contribution in [0.1, 0.15) is 54.9 Å². The highest BCUT2D eigenvalue weighted by Crippen LogP contribution is 2.11. The van der Waals surface area contributed by atoms with E-state index < -0.39 is 0 Å². The van der Waals surface area contributed by atoms with Gasteiger partial charge in [-0.05, 0) is 31.9 Å². The Morgan fingerprint density at radius 1 is 1.20 bits per heavy atom. The molecule has 0 N–H and O–H groups in total. The number of rotatable bonds is 8. The van der Waals surface area contributed by atoms with Crippen LogP contribution in [-0.4, -0.2) is 18.4 Å². The highest BCUT2D eigenvalue weighted by atomic mass is 16.5. The van der Waals surface area contributed by atoms with Gasteiger partial charge in [-0.1, -0.05) is 18.6 Å². The van der Waals surface area contributed by atoms with Gasteiger partial charge in [-0.25, -0.2) is 0 Å². The van der Waals surface area contributed by atoms with Crippen LogP contribution < -0.4 is 0 Å². The van der Waals surface area contributed by atoms with Crippen LogP contribution in [0.25, 0.3) is 0 Å². The minimum absolute atomic E-state index is 0.0400. The second-order valence-corrected chi connectivity index (χ2v) is 4.48. The lowest BCUT2D eigenvalue weighted by molar-refractivity contribution is -0.143. The average molecular weight is 273 g/mol. The molecule has 0 unspecified atom stereocenters. The van der Waals surface area contributed by atoms with Crippen molar-refractivity contribution in [1.29, 1.82) is 5.26 Å². The van der Waals surface area contributed by atoms with Crippen molar-refractivity contribution < 1.29 is 14.3 Å². The van der Waals surface area contributed by atoms with E-state index >= 15 is 0 Å². The smallest absolute Gasteiger partial charge is 0.305 e. The molecule has 0 amide bonds. The van der Waals surface area contributed by atoms with Crippen molar-refractivity contribution in [2.75, 3.05) is 6.61 Å². The summed E-state index contributed by atoms with van der Waals surface area (Å²) < 4.78 is 4.83. The quantitative estimate of drug-likeness (QED) is 0.414. The summed E-state index contributed by atoms with van der Waals surface area (Å²) in [6, 6.07) is 8.75. The van der Waals surface area contributed by atoms with E-state index in [0.717, 1.165) is 19.3 Å². The maximum absolute atomic E-state index is 11.9. The van der Waals surface area contributed by atoms with Gasteiger partial charge < -0.3 is 4.74 Å². The molecule has 0 fully saturated rings. The lowest BCUT2D eigenvalue weighted by atomic mass is 10.0. The Labute approximate surface area is 119 Å². The highest BCUT2D eigenvalue weighted by molar-refractivity contribution is 5.96. The molecule has 106 valence electrons. The highest BCUT2D eigenvalue weighted by Gasteiger charge is 2.07. The van der Waals surface area contributed by atoms with Gasteiger partial charge in [-0.15, -0.1) is 0 Å². The number of esters is 1. The van der Waals surface area contributed by atoms with Gasteiger partial charge in [0.05, 0.1) is 18.2 Å². The van der Waals surface area contributed by atoms with Crippen molar-refractivity contribution >= 4 is 11.8 Å². The molecular weight excluding hydrogens is 254 g/mol. The molecule has 1 aromatic rings. The van der Waals surface area contributed by atoms with Crippen molar-refractivity contribution in [3.63, 3.8) is 0 Å². The number of ketones is 1. The van der Waals surface area contributed by atoms with Gasteiger partial charge in [-0.3, -0.25) is 9.59 Å². The summed E-state index contributed by atoms with van der Waals surface area (Å²) in [5, 5.41) is 8.78. The molecule has 0 spiro atoms. The summed E-state index contributed by atoms with van der Waals surface area (Å²) in [6.45, 7) is 2.19. The average Bonchev–Trinajstić information content (AvgIpc) is 2.47. The van der Waals surface area contributed by atoms with Crippen LogP contribution in [0.5, 0.6) is 0 Å². The first kappa shape index (κ1) is 15.9. The molecule has 0 radical (unpaired) electrons. The second kappa shape index (κ2) is 8.87. The number of ether oxygens (including phenoxy) is 1. The van der Waals surface area contributed by atoms with Crippen LogP contribution in [0.15, 0.2) is 24.3 Å². The Balaban J connectivity index is 2.26. The summed E-state index contributed by atoms with van der Waals surface area (Å²) in [7, 11) is 0. The van der Waals surface area contributed by atoms with Crippen molar-refractivity contribution in [2.45, 2.75) is 39.0 Å². The molecule has 0 aliphatic carbocycles. The number of nitrogens with zero attached hydrogens (tertiary/aromatic N) is 1. The van der Waals surface area contributed by atoms with Crippen molar-refractivity contribution in [1.82, 2.24) is 0 Å². The maximum atomic E-state index is 11.9. The zero-order chi connectivity index (χ0) is 14.8. The lowest BCUT2D eigenvalue weighted by Crippen LogP contribution is -2.03. The van der Waals surface area contributed by atoms with Crippen LogP contribution in [0.3, 0.4) is 0 Å².